The molecule has 1 nitrogen and oxygen atoms in total. The van der Waals surface area contributed by atoms with Crippen LogP contribution in [0.4, 0.5) is 0 Å². The molecule has 2 aromatic rings. The molecule has 104 valence electrons. The first-order chi connectivity index (χ1) is 9.78. The van der Waals surface area contributed by atoms with E-state index in [2.05, 4.69) is 47.8 Å². The van der Waals surface area contributed by atoms with Gasteiger partial charge in [-0.15, -0.1) is 0 Å². The monoisotopic (exact) mass is 285 g/mol. The zero-order chi connectivity index (χ0) is 13.9. The summed E-state index contributed by atoms with van der Waals surface area (Å²) in [6, 6.07) is 15.3. The Morgan fingerprint density at radius 2 is 1.75 bits per heavy atom. The largest absolute Gasteiger partial charge is 0.316 e. The van der Waals surface area contributed by atoms with E-state index >= 15 is 0 Å². The topological polar surface area (TPSA) is 12.0 Å². The maximum absolute atomic E-state index is 6.33. The Kier molecular flexibility index (Phi) is 4.09. The van der Waals surface area contributed by atoms with Crippen LogP contribution in [0.5, 0.6) is 0 Å². The molecular weight excluding hydrogens is 266 g/mol. The molecule has 1 fully saturated rings. The van der Waals surface area contributed by atoms with Crippen LogP contribution in [0, 0.1) is 0 Å². The second-order valence-electron chi connectivity index (χ2n) is 5.59. The summed E-state index contributed by atoms with van der Waals surface area (Å²) in [6.45, 7) is 0.805. The summed E-state index contributed by atoms with van der Waals surface area (Å²) in [4.78, 5) is 0. The molecule has 1 aliphatic rings. The number of halogens is 1. The van der Waals surface area contributed by atoms with E-state index in [-0.39, 0.29) is 0 Å². The molecule has 3 rings (SSSR count). The highest BCUT2D eigenvalue weighted by Crippen LogP contribution is 2.37. The Morgan fingerprint density at radius 3 is 2.30 bits per heavy atom. The Labute approximate surface area is 126 Å². The van der Waals surface area contributed by atoms with E-state index in [1.807, 2.05) is 7.05 Å². The molecule has 2 heteroatoms. The van der Waals surface area contributed by atoms with E-state index < -0.39 is 0 Å². The van der Waals surface area contributed by atoms with Gasteiger partial charge in [0, 0.05) is 11.6 Å². The van der Waals surface area contributed by atoms with E-state index in [4.69, 9.17) is 11.6 Å². The number of benzene rings is 2. The lowest BCUT2D eigenvalue weighted by Crippen LogP contribution is -2.08. The summed E-state index contributed by atoms with van der Waals surface area (Å²) in [5.74, 6) is 0.797. The van der Waals surface area contributed by atoms with Crippen molar-refractivity contribution in [3.05, 3.63) is 58.6 Å². The van der Waals surface area contributed by atoms with E-state index in [9.17, 15) is 0 Å². The molecule has 1 saturated carbocycles. The molecule has 0 bridgehead atoms. The highest BCUT2D eigenvalue weighted by molar-refractivity contribution is 6.31. The average molecular weight is 286 g/mol. The van der Waals surface area contributed by atoms with Crippen molar-refractivity contribution >= 4 is 11.6 Å². The second kappa shape index (κ2) is 5.99. The van der Waals surface area contributed by atoms with E-state index in [1.165, 1.54) is 36.0 Å². The predicted molar refractivity (Wildman–Crippen MR) is 86.2 cm³/mol. The minimum atomic E-state index is 0.797. The van der Waals surface area contributed by atoms with Crippen molar-refractivity contribution in [2.75, 3.05) is 7.05 Å². The number of hydrogen-bond acceptors (Lipinski definition) is 1. The van der Waals surface area contributed by atoms with Crippen molar-refractivity contribution < 1.29 is 0 Å². The third-order valence-electron chi connectivity index (χ3n) is 4.24. The van der Waals surface area contributed by atoms with Crippen LogP contribution in [0.1, 0.15) is 36.3 Å². The summed E-state index contributed by atoms with van der Waals surface area (Å²) >= 11 is 6.33. The smallest absolute Gasteiger partial charge is 0.0457 e. The van der Waals surface area contributed by atoms with Gasteiger partial charge in [0.25, 0.3) is 0 Å². The Morgan fingerprint density at radius 1 is 1.05 bits per heavy atom. The first kappa shape index (κ1) is 13.7. The maximum Gasteiger partial charge on any atom is 0.0457 e. The molecule has 0 amide bonds. The Balaban J connectivity index is 1.83. The van der Waals surface area contributed by atoms with Gasteiger partial charge in [-0.2, -0.15) is 0 Å². The van der Waals surface area contributed by atoms with Crippen LogP contribution in [-0.2, 0) is 6.54 Å². The normalized spacial score (nSPS) is 15.1. The standard InChI is InChI=1S/C18H20ClN/c1-20-12-17-10-9-16(11-18(17)19)15-7-5-14(6-8-15)13-3-2-4-13/h5-11,13,20H,2-4,12H2,1H3. The van der Waals surface area contributed by atoms with E-state index in [1.54, 1.807) is 0 Å². The van der Waals surface area contributed by atoms with Crippen LogP contribution in [0.2, 0.25) is 5.02 Å². The van der Waals surface area contributed by atoms with Gasteiger partial charge in [0.05, 0.1) is 0 Å². The van der Waals surface area contributed by atoms with Gasteiger partial charge in [-0.25, -0.2) is 0 Å². The van der Waals surface area contributed by atoms with Crippen molar-refractivity contribution in [3.8, 4) is 11.1 Å². The maximum atomic E-state index is 6.33. The minimum Gasteiger partial charge on any atom is -0.316 e. The van der Waals surface area contributed by atoms with Crippen molar-refractivity contribution in [1.29, 1.82) is 0 Å². The molecular formula is C18H20ClN. The van der Waals surface area contributed by atoms with Crippen LogP contribution >= 0.6 is 11.6 Å². The zero-order valence-corrected chi connectivity index (χ0v) is 12.6. The number of hydrogen-bond donors (Lipinski definition) is 1. The molecule has 0 unspecified atom stereocenters. The quantitative estimate of drug-likeness (QED) is 0.834. The Bertz CT molecular complexity index is 585. The zero-order valence-electron chi connectivity index (χ0n) is 11.8. The SMILES string of the molecule is CNCc1ccc(-c2ccc(C3CCC3)cc2)cc1Cl. The van der Waals surface area contributed by atoms with Gasteiger partial charge in [-0.1, -0.05) is 54.4 Å². The molecule has 0 atom stereocenters. The van der Waals surface area contributed by atoms with Crippen LogP contribution in [0.25, 0.3) is 11.1 Å². The fourth-order valence-electron chi connectivity index (χ4n) is 2.75. The highest BCUT2D eigenvalue weighted by atomic mass is 35.5. The molecule has 1 aliphatic carbocycles. The molecule has 1 N–H and O–H groups in total. The van der Waals surface area contributed by atoms with Crippen LogP contribution < -0.4 is 5.32 Å². The second-order valence-corrected chi connectivity index (χ2v) is 5.99. The molecule has 0 radical (unpaired) electrons. The van der Waals surface area contributed by atoms with E-state index in [0.717, 1.165) is 23.0 Å². The third kappa shape index (κ3) is 2.74. The minimum absolute atomic E-state index is 0.797. The summed E-state index contributed by atoms with van der Waals surface area (Å²) in [6.07, 6.45) is 4.09. The predicted octanol–water partition coefficient (Wildman–Crippen LogP) is 4.99. The number of rotatable bonds is 4. The lowest BCUT2D eigenvalue weighted by Gasteiger charge is -2.25. The third-order valence-corrected chi connectivity index (χ3v) is 4.59. The first-order valence-electron chi connectivity index (χ1n) is 7.31. The molecule has 0 saturated heterocycles. The van der Waals surface area contributed by atoms with Crippen LogP contribution in [0.3, 0.4) is 0 Å². The van der Waals surface area contributed by atoms with Gasteiger partial charge < -0.3 is 5.32 Å². The molecule has 0 aliphatic heterocycles. The number of nitrogens with one attached hydrogen (secondary N) is 1. The lowest BCUT2D eigenvalue weighted by molar-refractivity contribution is 0.420. The summed E-state index contributed by atoms with van der Waals surface area (Å²) in [5, 5.41) is 3.97. The van der Waals surface area contributed by atoms with Gasteiger partial charge in [0.1, 0.15) is 0 Å². The van der Waals surface area contributed by atoms with Gasteiger partial charge >= 0.3 is 0 Å². The van der Waals surface area contributed by atoms with Crippen LogP contribution in [-0.4, -0.2) is 7.05 Å². The molecule has 0 spiro atoms. The Hall–Kier alpha value is -1.31. The molecule has 2 aromatic carbocycles. The fraction of sp³-hybridized carbons (Fsp3) is 0.333. The van der Waals surface area contributed by atoms with Gasteiger partial charge in [0.15, 0.2) is 0 Å². The van der Waals surface area contributed by atoms with Crippen molar-refractivity contribution in [1.82, 2.24) is 5.32 Å². The molecule has 0 heterocycles. The lowest BCUT2D eigenvalue weighted by atomic mass is 9.80. The summed E-state index contributed by atoms with van der Waals surface area (Å²) < 4.78 is 0. The average Bonchev–Trinajstić information content (AvgIpc) is 2.40. The van der Waals surface area contributed by atoms with Crippen LogP contribution in [0.15, 0.2) is 42.5 Å². The van der Waals surface area contributed by atoms with Crippen molar-refractivity contribution in [3.63, 3.8) is 0 Å². The fourth-order valence-corrected chi connectivity index (χ4v) is 3.00. The first-order valence-corrected chi connectivity index (χ1v) is 7.69. The highest BCUT2D eigenvalue weighted by Gasteiger charge is 2.18. The molecule has 20 heavy (non-hydrogen) atoms. The van der Waals surface area contributed by atoms with Gasteiger partial charge in [-0.3, -0.25) is 0 Å². The van der Waals surface area contributed by atoms with Crippen molar-refractivity contribution in [2.45, 2.75) is 31.7 Å². The molecule has 0 aromatic heterocycles. The van der Waals surface area contributed by atoms with E-state index in [0.29, 0.717) is 0 Å². The summed E-state index contributed by atoms with van der Waals surface area (Å²) in [5.41, 5.74) is 5.06. The van der Waals surface area contributed by atoms with Gasteiger partial charge in [-0.05, 0) is 54.1 Å². The van der Waals surface area contributed by atoms with Gasteiger partial charge in [0.2, 0.25) is 0 Å². The summed E-state index contributed by atoms with van der Waals surface area (Å²) in [7, 11) is 1.93. The van der Waals surface area contributed by atoms with Crippen molar-refractivity contribution in [2.24, 2.45) is 0 Å².